The lowest BCUT2D eigenvalue weighted by Crippen LogP contribution is -2.37. The number of nitrogens with one attached hydrogen (secondary N) is 1. The molecule has 0 aliphatic carbocycles. The Bertz CT molecular complexity index is 1130. The number of nitriles is 1. The van der Waals surface area contributed by atoms with Crippen molar-refractivity contribution in [2.75, 3.05) is 32.1 Å². The number of nitrogens with zero attached hydrogens (tertiary/aromatic N) is 3. The van der Waals surface area contributed by atoms with E-state index in [9.17, 15) is 9.59 Å². The SMILES string of the molecule is CCCN(CC(=O)Nc1ccccc1OC)CC(=O)c1cn(CCC#N)c2ccccc12. The molecule has 1 amide bonds. The van der Waals surface area contributed by atoms with Gasteiger partial charge in [0.15, 0.2) is 5.78 Å². The molecule has 3 rings (SSSR count). The van der Waals surface area contributed by atoms with Crippen molar-refractivity contribution in [3.8, 4) is 11.8 Å². The van der Waals surface area contributed by atoms with Gasteiger partial charge in [0.25, 0.3) is 0 Å². The van der Waals surface area contributed by atoms with Gasteiger partial charge in [-0.1, -0.05) is 37.3 Å². The lowest BCUT2D eigenvalue weighted by molar-refractivity contribution is -0.117. The van der Waals surface area contributed by atoms with E-state index in [1.165, 1.54) is 0 Å². The fourth-order valence-corrected chi connectivity index (χ4v) is 3.78. The molecule has 0 saturated carbocycles. The van der Waals surface area contributed by atoms with Gasteiger partial charge < -0.3 is 14.6 Å². The molecule has 166 valence electrons. The first-order valence-corrected chi connectivity index (χ1v) is 10.7. The minimum Gasteiger partial charge on any atom is -0.495 e. The van der Waals surface area contributed by atoms with Gasteiger partial charge in [-0.3, -0.25) is 14.5 Å². The summed E-state index contributed by atoms with van der Waals surface area (Å²) in [4.78, 5) is 27.7. The molecule has 0 radical (unpaired) electrons. The molecule has 2 aromatic carbocycles. The zero-order chi connectivity index (χ0) is 22.9. The average Bonchev–Trinajstić information content (AvgIpc) is 3.17. The molecular weight excluding hydrogens is 404 g/mol. The van der Waals surface area contributed by atoms with Crippen LogP contribution in [0.25, 0.3) is 10.9 Å². The van der Waals surface area contributed by atoms with Crippen LogP contribution in [0, 0.1) is 11.3 Å². The number of hydrogen-bond acceptors (Lipinski definition) is 5. The van der Waals surface area contributed by atoms with Gasteiger partial charge in [-0.25, -0.2) is 0 Å². The van der Waals surface area contributed by atoms with E-state index >= 15 is 0 Å². The van der Waals surface area contributed by atoms with Gasteiger partial charge in [-0.15, -0.1) is 0 Å². The third-order valence-corrected chi connectivity index (χ3v) is 5.21. The standard InChI is InChI=1S/C25H28N4O3/c1-3-14-28(18-25(31)27-21-10-5-7-12-24(21)32-2)17-23(30)20-16-29(15-8-13-26)22-11-6-4-9-19(20)22/h4-7,9-12,16H,3,8,14-15,17-18H2,1-2H3,(H,27,31). The van der Waals surface area contributed by atoms with E-state index in [1.54, 1.807) is 19.2 Å². The Morgan fingerprint density at radius 3 is 2.62 bits per heavy atom. The number of benzene rings is 2. The maximum atomic E-state index is 13.2. The van der Waals surface area contributed by atoms with Crippen molar-refractivity contribution in [1.29, 1.82) is 5.26 Å². The first-order chi connectivity index (χ1) is 15.6. The summed E-state index contributed by atoms with van der Waals surface area (Å²) in [6.45, 7) is 3.41. The normalized spacial score (nSPS) is 10.8. The molecular formula is C25H28N4O3. The van der Waals surface area contributed by atoms with Gasteiger partial charge in [0.05, 0.1) is 38.4 Å². The molecule has 3 aromatic rings. The van der Waals surface area contributed by atoms with E-state index < -0.39 is 0 Å². The molecule has 0 atom stereocenters. The van der Waals surface area contributed by atoms with Crippen LogP contribution in [0.2, 0.25) is 0 Å². The Hall–Kier alpha value is -3.63. The molecule has 0 aliphatic rings. The van der Waals surface area contributed by atoms with Crippen molar-refractivity contribution in [2.24, 2.45) is 0 Å². The first kappa shape index (κ1) is 23.0. The lowest BCUT2D eigenvalue weighted by atomic mass is 10.1. The van der Waals surface area contributed by atoms with E-state index in [-0.39, 0.29) is 24.8 Å². The van der Waals surface area contributed by atoms with Crippen LogP contribution < -0.4 is 10.1 Å². The number of aromatic nitrogens is 1. The summed E-state index contributed by atoms with van der Waals surface area (Å²) in [7, 11) is 1.56. The summed E-state index contributed by atoms with van der Waals surface area (Å²) in [6.07, 6.45) is 3.01. The Morgan fingerprint density at radius 2 is 1.88 bits per heavy atom. The second kappa shape index (κ2) is 11.1. The van der Waals surface area contributed by atoms with Crippen LogP contribution in [0.15, 0.2) is 54.7 Å². The number of aryl methyl sites for hydroxylation is 1. The van der Waals surface area contributed by atoms with Crippen LogP contribution in [0.4, 0.5) is 5.69 Å². The molecule has 0 fully saturated rings. The van der Waals surface area contributed by atoms with Crippen LogP contribution in [-0.4, -0.2) is 47.9 Å². The molecule has 0 spiro atoms. The monoisotopic (exact) mass is 432 g/mol. The Balaban J connectivity index is 1.74. The molecule has 0 aliphatic heterocycles. The van der Waals surface area contributed by atoms with Gasteiger partial charge >= 0.3 is 0 Å². The topological polar surface area (TPSA) is 87.4 Å². The minimum absolute atomic E-state index is 0.0459. The number of hydrogen-bond donors (Lipinski definition) is 1. The maximum Gasteiger partial charge on any atom is 0.238 e. The number of methoxy groups -OCH3 is 1. The predicted octanol–water partition coefficient (Wildman–Crippen LogP) is 4.10. The van der Waals surface area contributed by atoms with Gasteiger partial charge in [0.2, 0.25) is 5.91 Å². The maximum absolute atomic E-state index is 13.2. The summed E-state index contributed by atoms with van der Waals surface area (Å²) in [6, 6.07) is 17.1. The smallest absolute Gasteiger partial charge is 0.238 e. The summed E-state index contributed by atoms with van der Waals surface area (Å²) >= 11 is 0. The van der Waals surface area contributed by atoms with Crippen LogP contribution >= 0.6 is 0 Å². The third kappa shape index (κ3) is 5.54. The van der Waals surface area contributed by atoms with Gasteiger partial charge in [0.1, 0.15) is 5.75 Å². The highest BCUT2D eigenvalue weighted by molar-refractivity contribution is 6.09. The summed E-state index contributed by atoms with van der Waals surface area (Å²) in [5, 5.41) is 12.7. The number of ether oxygens (including phenoxy) is 1. The third-order valence-electron chi connectivity index (χ3n) is 5.21. The molecule has 1 aromatic heterocycles. The number of ketones is 1. The molecule has 7 heteroatoms. The van der Waals surface area contributed by atoms with Crippen molar-refractivity contribution >= 4 is 28.3 Å². The molecule has 32 heavy (non-hydrogen) atoms. The van der Waals surface area contributed by atoms with E-state index in [2.05, 4.69) is 11.4 Å². The average molecular weight is 433 g/mol. The van der Waals surface area contributed by atoms with E-state index in [4.69, 9.17) is 10.00 Å². The van der Waals surface area contributed by atoms with Crippen LogP contribution in [0.3, 0.4) is 0 Å². The number of amides is 1. The molecule has 1 heterocycles. The Kier molecular flexibility index (Phi) is 8.01. The zero-order valence-electron chi connectivity index (χ0n) is 18.5. The van der Waals surface area contributed by atoms with Crippen LogP contribution in [0.5, 0.6) is 5.75 Å². The molecule has 0 unspecified atom stereocenters. The van der Waals surface area contributed by atoms with E-state index in [1.807, 2.05) is 59.0 Å². The highest BCUT2D eigenvalue weighted by Gasteiger charge is 2.20. The van der Waals surface area contributed by atoms with Gasteiger partial charge in [-0.2, -0.15) is 5.26 Å². The largest absolute Gasteiger partial charge is 0.495 e. The number of rotatable bonds is 11. The number of Topliss-reactive ketones (excluding diaryl/α,β-unsaturated/α-hetero) is 1. The summed E-state index contributed by atoms with van der Waals surface area (Å²) in [5.41, 5.74) is 2.15. The van der Waals surface area contributed by atoms with E-state index in [0.717, 1.165) is 17.3 Å². The zero-order valence-corrected chi connectivity index (χ0v) is 18.5. The number of para-hydroxylation sites is 3. The first-order valence-electron chi connectivity index (χ1n) is 10.7. The second-order valence-electron chi connectivity index (χ2n) is 7.54. The summed E-state index contributed by atoms with van der Waals surface area (Å²) < 4.78 is 7.24. The number of carbonyl (C=O) groups excluding carboxylic acids is 2. The number of carbonyl (C=O) groups is 2. The molecule has 0 bridgehead atoms. The van der Waals surface area contributed by atoms with Crippen molar-refractivity contribution < 1.29 is 14.3 Å². The van der Waals surface area contributed by atoms with Crippen LogP contribution in [0.1, 0.15) is 30.1 Å². The predicted molar refractivity (Wildman–Crippen MR) is 125 cm³/mol. The fraction of sp³-hybridized carbons (Fsp3) is 0.320. The van der Waals surface area contributed by atoms with Crippen molar-refractivity contribution in [3.05, 3.63) is 60.3 Å². The molecule has 0 saturated heterocycles. The number of fused-ring (bicyclic) bond motifs is 1. The van der Waals surface area contributed by atoms with Crippen molar-refractivity contribution in [3.63, 3.8) is 0 Å². The highest BCUT2D eigenvalue weighted by atomic mass is 16.5. The van der Waals surface area contributed by atoms with Gasteiger partial charge in [0, 0.05) is 29.2 Å². The second-order valence-corrected chi connectivity index (χ2v) is 7.54. The number of anilines is 1. The lowest BCUT2D eigenvalue weighted by Gasteiger charge is -2.20. The molecule has 7 nitrogen and oxygen atoms in total. The molecule has 1 N–H and O–H groups in total. The Labute approximate surface area is 188 Å². The van der Waals surface area contributed by atoms with Crippen LogP contribution in [-0.2, 0) is 11.3 Å². The van der Waals surface area contributed by atoms with Crippen molar-refractivity contribution in [1.82, 2.24) is 9.47 Å². The Morgan fingerprint density at radius 1 is 1.12 bits per heavy atom. The quantitative estimate of drug-likeness (QED) is 0.461. The highest BCUT2D eigenvalue weighted by Crippen LogP contribution is 2.24. The minimum atomic E-state index is -0.202. The fourth-order valence-electron chi connectivity index (χ4n) is 3.78. The summed E-state index contributed by atoms with van der Waals surface area (Å²) in [5.74, 6) is 0.340. The van der Waals surface area contributed by atoms with Crippen molar-refractivity contribution in [2.45, 2.75) is 26.3 Å². The van der Waals surface area contributed by atoms with Gasteiger partial charge in [-0.05, 0) is 31.2 Å². The van der Waals surface area contributed by atoms with E-state index in [0.29, 0.717) is 36.5 Å².